The maximum absolute atomic E-state index is 12.1. The van der Waals surface area contributed by atoms with E-state index in [0.29, 0.717) is 30.1 Å². The molecule has 1 unspecified atom stereocenters. The van der Waals surface area contributed by atoms with E-state index >= 15 is 0 Å². The van der Waals surface area contributed by atoms with Crippen LogP contribution in [-0.4, -0.2) is 34.6 Å². The van der Waals surface area contributed by atoms with Crippen LogP contribution in [0.15, 0.2) is 24.3 Å². The van der Waals surface area contributed by atoms with Crippen molar-refractivity contribution in [3.8, 4) is 0 Å². The van der Waals surface area contributed by atoms with Gasteiger partial charge in [-0.1, -0.05) is 23.7 Å². The molecule has 1 aromatic carbocycles. The number of aliphatic hydroxyl groups is 1. The molecule has 1 heterocycles. The average Bonchev–Trinajstić information content (AvgIpc) is 2.59. The summed E-state index contributed by atoms with van der Waals surface area (Å²) in [6.45, 7) is 2.70. The molecule has 1 amide bonds. The van der Waals surface area contributed by atoms with Crippen molar-refractivity contribution in [2.24, 2.45) is 0 Å². The fourth-order valence-corrected chi connectivity index (χ4v) is 2.14. The summed E-state index contributed by atoms with van der Waals surface area (Å²) in [5, 5.41) is 10.3. The van der Waals surface area contributed by atoms with E-state index in [-0.39, 0.29) is 5.91 Å². The molecule has 1 saturated heterocycles. The summed E-state index contributed by atoms with van der Waals surface area (Å²) in [5.41, 5.74) is -0.265. The van der Waals surface area contributed by atoms with Crippen LogP contribution in [0.1, 0.15) is 23.7 Å². The first kappa shape index (κ1) is 11.4. The molecule has 0 spiro atoms. The Morgan fingerprint density at radius 1 is 1.50 bits per heavy atom. The number of hydrogen-bond acceptors (Lipinski definition) is 2. The fourth-order valence-electron chi connectivity index (χ4n) is 1.92. The number of carbonyl (C=O) groups excluding carboxylic acids is 1. The molecule has 1 aromatic rings. The Hall–Kier alpha value is -1.06. The van der Waals surface area contributed by atoms with E-state index in [9.17, 15) is 9.90 Å². The van der Waals surface area contributed by atoms with Gasteiger partial charge in [0.05, 0.1) is 16.2 Å². The van der Waals surface area contributed by atoms with E-state index in [4.69, 9.17) is 11.6 Å². The molecule has 1 aliphatic rings. The lowest BCUT2D eigenvalue weighted by Crippen LogP contribution is -2.34. The molecule has 86 valence electrons. The first-order valence-corrected chi connectivity index (χ1v) is 5.64. The van der Waals surface area contributed by atoms with E-state index in [1.807, 2.05) is 0 Å². The lowest BCUT2D eigenvalue weighted by Gasteiger charge is -2.19. The molecule has 0 radical (unpaired) electrons. The molecule has 0 bridgehead atoms. The lowest BCUT2D eigenvalue weighted by molar-refractivity contribution is 0.0572. The van der Waals surface area contributed by atoms with Crippen LogP contribution in [0.5, 0.6) is 0 Å². The number of nitrogens with zero attached hydrogens (tertiary/aromatic N) is 1. The minimum atomic E-state index is -0.767. The van der Waals surface area contributed by atoms with Crippen LogP contribution in [0.25, 0.3) is 0 Å². The van der Waals surface area contributed by atoms with E-state index in [1.165, 1.54) is 0 Å². The number of rotatable bonds is 1. The van der Waals surface area contributed by atoms with Gasteiger partial charge in [0.25, 0.3) is 5.91 Å². The molecule has 0 saturated carbocycles. The van der Waals surface area contributed by atoms with Gasteiger partial charge in [-0.05, 0) is 25.5 Å². The smallest absolute Gasteiger partial charge is 0.255 e. The Morgan fingerprint density at radius 3 is 2.75 bits per heavy atom. The number of likely N-dealkylation sites (tertiary alicyclic amines) is 1. The van der Waals surface area contributed by atoms with Gasteiger partial charge in [-0.15, -0.1) is 0 Å². The zero-order valence-electron chi connectivity index (χ0n) is 9.11. The molecular weight excluding hydrogens is 226 g/mol. The van der Waals surface area contributed by atoms with Gasteiger partial charge in [0, 0.05) is 13.1 Å². The first-order chi connectivity index (χ1) is 7.49. The van der Waals surface area contributed by atoms with Crippen LogP contribution in [-0.2, 0) is 0 Å². The molecule has 1 aliphatic heterocycles. The lowest BCUT2D eigenvalue weighted by atomic mass is 10.1. The zero-order chi connectivity index (χ0) is 11.8. The van der Waals surface area contributed by atoms with Gasteiger partial charge >= 0.3 is 0 Å². The Morgan fingerprint density at radius 2 is 2.19 bits per heavy atom. The molecule has 1 N–H and O–H groups in total. The van der Waals surface area contributed by atoms with Gasteiger partial charge in [-0.2, -0.15) is 0 Å². The van der Waals surface area contributed by atoms with Crippen molar-refractivity contribution < 1.29 is 9.90 Å². The van der Waals surface area contributed by atoms with Gasteiger partial charge < -0.3 is 10.0 Å². The summed E-state index contributed by atoms with van der Waals surface area (Å²) in [6.07, 6.45) is 0.614. The number of hydrogen-bond donors (Lipinski definition) is 1. The topological polar surface area (TPSA) is 40.5 Å². The van der Waals surface area contributed by atoms with E-state index < -0.39 is 5.60 Å². The van der Waals surface area contributed by atoms with Crippen LogP contribution >= 0.6 is 11.6 Å². The van der Waals surface area contributed by atoms with Gasteiger partial charge in [0.1, 0.15) is 0 Å². The monoisotopic (exact) mass is 239 g/mol. The summed E-state index contributed by atoms with van der Waals surface area (Å²) in [4.78, 5) is 13.7. The highest BCUT2D eigenvalue weighted by molar-refractivity contribution is 6.33. The standard InChI is InChI=1S/C12H14ClNO2/c1-12(16)6-7-14(8-12)11(15)9-4-2-3-5-10(9)13/h2-5,16H,6-8H2,1H3. The summed E-state index contributed by atoms with van der Waals surface area (Å²) in [5.74, 6) is -0.108. The van der Waals surface area contributed by atoms with Crippen molar-refractivity contribution in [3.05, 3.63) is 34.9 Å². The minimum Gasteiger partial charge on any atom is -0.388 e. The molecule has 4 heteroatoms. The molecule has 0 aromatic heterocycles. The Balaban J connectivity index is 2.18. The molecular formula is C12H14ClNO2. The first-order valence-electron chi connectivity index (χ1n) is 5.26. The molecule has 0 aliphatic carbocycles. The highest BCUT2D eigenvalue weighted by Crippen LogP contribution is 2.24. The summed E-state index contributed by atoms with van der Waals surface area (Å²) in [6, 6.07) is 6.98. The Kier molecular flexibility index (Phi) is 2.91. The molecule has 1 fully saturated rings. The quantitative estimate of drug-likeness (QED) is 0.814. The minimum absolute atomic E-state index is 0.108. The maximum Gasteiger partial charge on any atom is 0.255 e. The van der Waals surface area contributed by atoms with E-state index in [2.05, 4.69) is 0 Å². The molecule has 3 nitrogen and oxygen atoms in total. The normalized spacial score (nSPS) is 24.8. The summed E-state index contributed by atoms with van der Waals surface area (Å²) in [7, 11) is 0. The van der Waals surface area contributed by atoms with Crippen LogP contribution in [0, 0.1) is 0 Å². The SMILES string of the molecule is CC1(O)CCN(C(=O)c2ccccc2Cl)C1. The van der Waals surface area contributed by atoms with Crippen molar-refractivity contribution in [2.75, 3.05) is 13.1 Å². The van der Waals surface area contributed by atoms with Crippen LogP contribution in [0.2, 0.25) is 5.02 Å². The number of benzene rings is 1. The van der Waals surface area contributed by atoms with Crippen molar-refractivity contribution >= 4 is 17.5 Å². The van der Waals surface area contributed by atoms with Gasteiger partial charge in [0.2, 0.25) is 0 Å². The third-order valence-electron chi connectivity index (χ3n) is 2.84. The van der Waals surface area contributed by atoms with Crippen molar-refractivity contribution in [2.45, 2.75) is 18.9 Å². The predicted octanol–water partition coefficient (Wildman–Crippen LogP) is 1.94. The number of halogens is 1. The van der Waals surface area contributed by atoms with Gasteiger partial charge in [0.15, 0.2) is 0 Å². The largest absolute Gasteiger partial charge is 0.388 e. The van der Waals surface area contributed by atoms with Crippen molar-refractivity contribution in [3.63, 3.8) is 0 Å². The molecule has 16 heavy (non-hydrogen) atoms. The van der Waals surface area contributed by atoms with Crippen LogP contribution < -0.4 is 0 Å². The third kappa shape index (κ3) is 2.20. The highest BCUT2D eigenvalue weighted by Gasteiger charge is 2.34. The zero-order valence-corrected chi connectivity index (χ0v) is 9.87. The van der Waals surface area contributed by atoms with Crippen LogP contribution in [0.3, 0.4) is 0 Å². The summed E-state index contributed by atoms with van der Waals surface area (Å²) < 4.78 is 0. The van der Waals surface area contributed by atoms with E-state index in [0.717, 1.165) is 0 Å². The summed E-state index contributed by atoms with van der Waals surface area (Å²) >= 11 is 5.96. The van der Waals surface area contributed by atoms with Crippen molar-refractivity contribution in [1.29, 1.82) is 0 Å². The maximum atomic E-state index is 12.1. The number of carbonyl (C=O) groups is 1. The van der Waals surface area contributed by atoms with Gasteiger partial charge in [-0.25, -0.2) is 0 Å². The Bertz CT molecular complexity index is 417. The number of amides is 1. The fraction of sp³-hybridized carbons (Fsp3) is 0.417. The second-order valence-corrected chi connectivity index (χ2v) is 4.86. The van der Waals surface area contributed by atoms with Gasteiger partial charge in [-0.3, -0.25) is 4.79 Å². The second kappa shape index (κ2) is 4.07. The Labute approximate surface area is 99.6 Å². The van der Waals surface area contributed by atoms with Crippen LogP contribution in [0.4, 0.5) is 0 Å². The number of β-amino-alcohol motifs (C(OH)–C–C–N with tert-alkyl or cyclic N) is 1. The van der Waals surface area contributed by atoms with Crippen molar-refractivity contribution in [1.82, 2.24) is 4.90 Å². The predicted molar refractivity (Wildman–Crippen MR) is 62.6 cm³/mol. The second-order valence-electron chi connectivity index (χ2n) is 4.45. The average molecular weight is 240 g/mol. The molecule has 1 atom stereocenters. The van der Waals surface area contributed by atoms with E-state index in [1.54, 1.807) is 36.1 Å². The third-order valence-corrected chi connectivity index (χ3v) is 3.17. The molecule has 2 rings (SSSR count). The highest BCUT2D eigenvalue weighted by atomic mass is 35.5.